The molecule has 5 heteroatoms. The third kappa shape index (κ3) is 5.04. The van der Waals surface area contributed by atoms with Gasteiger partial charge < -0.3 is 14.2 Å². The van der Waals surface area contributed by atoms with Crippen LogP contribution in [0.1, 0.15) is 11.1 Å². The lowest BCUT2D eigenvalue weighted by Gasteiger charge is -2.07. The van der Waals surface area contributed by atoms with Crippen molar-refractivity contribution in [3.63, 3.8) is 0 Å². The number of hydrogen-bond donors (Lipinski definition) is 0. The van der Waals surface area contributed by atoms with E-state index >= 15 is 0 Å². The quantitative estimate of drug-likeness (QED) is 0.590. The number of carbonyl (C=O) groups excluding carboxylic acids is 1. The smallest absolute Gasteiger partial charge is 0.331 e. The first-order valence-corrected chi connectivity index (χ1v) is 7.31. The van der Waals surface area contributed by atoms with Crippen molar-refractivity contribution >= 4 is 23.6 Å². The molecule has 4 nitrogen and oxygen atoms in total. The number of ether oxygens (including phenoxy) is 3. The molecule has 0 N–H and O–H groups in total. The Hall–Kier alpha value is -2.46. The number of carbonyl (C=O) groups is 1. The summed E-state index contributed by atoms with van der Waals surface area (Å²) in [5.41, 5.74) is 1.60. The molecule has 0 unspecified atom stereocenters. The molecule has 0 spiro atoms. The maximum absolute atomic E-state index is 11.8. The van der Waals surface area contributed by atoms with E-state index in [9.17, 15) is 4.79 Å². The molecule has 0 aliphatic carbocycles. The van der Waals surface area contributed by atoms with Crippen molar-refractivity contribution in [2.75, 3.05) is 14.2 Å². The van der Waals surface area contributed by atoms with Gasteiger partial charge in [0, 0.05) is 16.7 Å². The Bertz CT molecular complexity index is 693. The van der Waals surface area contributed by atoms with Crippen molar-refractivity contribution in [3.05, 3.63) is 64.7 Å². The van der Waals surface area contributed by atoms with Gasteiger partial charge in [-0.1, -0.05) is 23.7 Å². The van der Waals surface area contributed by atoms with Gasteiger partial charge >= 0.3 is 5.97 Å². The summed E-state index contributed by atoms with van der Waals surface area (Å²) >= 11 is 5.80. The number of halogens is 1. The fourth-order valence-corrected chi connectivity index (χ4v) is 2.04. The molecule has 2 rings (SSSR count). The van der Waals surface area contributed by atoms with Gasteiger partial charge in [-0.05, 0) is 42.0 Å². The standard InChI is InChI=1S/C18H17ClO4/c1-21-16-8-9-17(22-2)14(11-16)5-10-18(20)23-12-13-3-6-15(19)7-4-13/h3-11H,12H2,1-2H3/b10-5+. The normalized spacial score (nSPS) is 10.6. The van der Waals surface area contributed by atoms with Gasteiger partial charge in [-0.15, -0.1) is 0 Å². The van der Waals surface area contributed by atoms with Crippen LogP contribution in [0.3, 0.4) is 0 Å². The van der Waals surface area contributed by atoms with Crippen LogP contribution >= 0.6 is 11.6 Å². The molecule has 0 atom stereocenters. The molecule has 0 aliphatic rings. The Kier molecular flexibility index (Phi) is 6.06. The zero-order chi connectivity index (χ0) is 16.7. The van der Waals surface area contributed by atoms with Crippen LogP contribution in [0.25, 0.3) is 6.08 Å². The Morgan fingerprint density at radius 1 is 1.09 bits per heavy atom. The minimum absolute atomic E-state index is 0.190. The third-order valence-electron chi connectivity index (χ3n) is 3.13. The van der Waals surface area contributed by atoms with E-state index in [1.807, 2.05) is 12.1 Å². The topological polar surface area (TPSA) is 44.8 Å². The van der Waals surface area contributed by atoms with Gasteiger partial charge in [0.25, 0.3) is 0 Å². The first kappa shape index (κ1) is 16.9. The van der Waals surface area contributed by atoms with Crippen LogP contribution < -0.4 is 9.47 Å². The predicted molar refractivity (Wildman–Crippen MR) is 89.8 cm³/mol. The lowest BCUT2D eigenvalue weighted by atomic mass is 10.1. The Morgan fingerprint density at radius 3 is 2.48 bits per heavy atom. The molecule has 2 aromatic carbocycles. The molecule has 2 aromatic rings. The highest BCUT2D eigenvalue weighted by atomic mass is 35.5. The second kappa shape index (κ2) is 8.25. The molecule has 0 aliphatic heterocycles. The van der Waals surface area contributed by atoms with E-state index in [0.717, 1.165) is 11.1 Å². The summed E-state index contributed by atoms with van der Waals surface area (Å²) in [6, 6.07) is 12.5. The molecule has 0 saturated heterocycles. The van der Waals surface area contributed by atoms with E-state index in [1.54, 1.807) is 50.6 Å². The van der Waals surface area contributed by atoms with Crippen LogP contribution in [0.5, 0.6) is 11.5 Å². The van der Waals surface area contributed by atoms with E-state index in [-0.39, 0.29) is 6.61 Å². The molecule has 0 aromatic heterocycles. The maximum atomic E-state index is 11.8. The molecule has 0 heterocycles. The summed E-state index contributed by atoms with van der Waals surface area (Å²) in [5.74, 6) is 0.886. The van der Waals surface area contributed by atoms with Crippen LogP contribution in [-0.2, 0) is 16.1 Å². The van der Waals surface area contributed by atoms with E-state index in [4.69, 9.17) is 25.8 Å². The molecule has 23 heavy (non-hydrogen) atoms. The van der Waals surface area contributed by atoms with Gasteiger partial charge in [-0.3, -0.25) is 0 Å². The summed E-state index contributed by atoms with van der Waals surface area (Å²) in [6.07, 6.45) is 2.98. The predicted octanol–water partition coefficient (Wildman–Crippen LogP) is 4.11. The summed E-state index contributed by atoms with van der Waals surface area (Å²) in [7, 11) is 3.15. The van der Waals surface area contributed by atoms with Gasteiger partial charge in [-0.2, -0.15) is 0 Å². The summed E-state index contributed by atoms with van der Waals surface area (Å²) in [4.78, 5) is 11.8. The molecule has 0 radical (unpaired) electrons. The first-order valence-electron chi connectivity index (χ1n) is 6.93. The van der Waals surface area contributed by atoms with Gasteiger partial charge in [0.1, 0.15) is 18.1 Å². The second-order valence-electron chi connectivity index (χ2n) is 4.68. The Morgan fingerprint density at radius 2 is 1.83 bits per heavy atom. The summed E-state index contributed by atoms with van der Waals surface area (Å²) in [5, 5.41) is 0.644. The van der Waals surface area contributed by atoms with Crippen molar-refractivity contribution in [2.45, 2.75) is 6.61 Å². The van der Waals surface area contributed by atoms with E-state index < -0.39 is 5.97 Å². The highest BCUT2D eigenvalue weighted by Gasteiger charge is 2.04. The molecular weight excluding hydrogens is 316 g/mol. The maximum Gasteiger partial charge on any atom is 0.331 e. The molecule has 0 bridgehead atoms. The van der Waals surface area contributed by atoms with Gasteiger partial charge in [0.2, 0.25) is 0 Å². The number of methoxy groups -OCH3 is 2. The van der Waals surface area contributed by atoms with E-state index in [0.29, 0.717) is 16.5 Å². The zero-order valence-electron chi connectivity index (χ0n) is 12.9. The summed E-state index contributed by atoms with van der Waals surface area (Å²) < 4.78 is 15.6. The second-order valence-corrected chi connectivity index (χ2v) is 5.11. The molecule has 120 valence electrons. The van der Waals surface area contributed by atoms with Crippen molar-refractivity contribution in [1.29, 1.82) is 0 Å². The first-order chi connectivity index (χ1) is 11.1. The average Bonchev–Trinajstić information content (AvgIpc) is 2.59. The minimum atomic E-state index is -0.440. The van der Waals surface area contributed by atoms with Crippen molar-refractivity contribution in [3.8, 4) is 11.5 Å². The number of benzene rings is 2. The summed E-state index contributed by atoms with van der Waals surface area (Å²) in [6.45, 7) is 0.190. The van der Waals surface area contributed by atoms with Crippen LogP contribution in [0, 0.1) is 0 Å². The highest BCUT2D eigenvalue weighted by molar-refractivity contribution is 6.30. The van der Waals surface area contributed by atoms with Gasteiger partial charge in [-0.25, -0.2) is 4.79 Å². The molecular formula is C18H17ClO4. The van der Waals surface area contributed by atoms with E-state index in [1.165, 1.54) is 6.08 Å². The largest absolute Gasteiger partial charge is 0.497 e. The van der Waals surface area contributed by atoms with E-state index in [2.05, 4.69) is 0 Å². The van der Waals surface area contributed by atoms with Crippen LogP contribution in [0.4, 0.5) is 0 Å². The molecule has 0 amide bonds. The zero-order valence-corrected chi connectivity index (χ0v) is 13.7. The van der Waals surface area contributed by atoms with Crippen LogP contribution in [0.15, 0.2) is 48.5 Å². The highest BCUT2D eigenvalue weighted by Crippen LogP contribution is 2.25. The lowest BCUT2D eigenvalue weighted by Crippen LogP contribution is -2.00. The monoisotopic (exact) mass is 332 g/mol. The fourth-order valence-electron chi connectivity index (χ4n) is 1.91. The number of hydrogen-bond acceptors (Lipinski definition) is 4. The Balaban J connectivity index is 1.99. The minimum Gasteiger partial charge on any atom is -0.497 e. The lowest BCUT2D eigenvalue weighted by molar-refractivity contribution is -0.138. The number of rotatable bonds is 6. The number of esters is 1. The SMILES string of the molecule is COc1ccc(OC)c(/C=C/C(=O)OCc2ccc(Cl)cc2)c1. The van der Waals surface area contributed by atoms with Crippen molar-refractivity contribution in [2.24, 2.45) is 0 Å². The average molecular weight is 333 g/mol. The fraction of sp³-hybridized carbons (Fsp3) is 0.167. The van der Waals surface area contributed by atoms with Crippen molar-refractivity contribution in [1.82, 2.24) is 0 Å². The Labute approximate surface area is 140 Å². The van der Waals surface area contributed by atoms with Gasteiger partial charge in [0.15, 0.2) is 0 Å². The van der Waals surface area contributed by atoms with Crippen LogP contribution in [0.2, 0.25) is 5.02 Å². The van der Waals surface area contributed by atoms with Crippen molar-refractivity contribution < 1.29 is 19.0 Å². The van der Waals surface area contributed by atoms with Gasteiger partial charge in [0.05, 0.1) is 14.2 Å². The third-order valence-corrected chi connectivity index (χ3v) is 3.38. The molecule has 0 saturated carbocycles. The molecule has 0 fully saturated rings. The van der Waals surface area contributed by atoms with Crippen LogP contribution in [-0.4, -0.2) is 20.2 Å².